The number of nitrogen functional groups attached to an aromatic ring is 4. The predicted octanol–water partition coefficient (Wildman–Crippen LogP) is 11.9. The minimum Gasteiger partial charge on any atom is -0.480 e. The summed E-state index contributed by atoms with van der Waals surface area (Å²) in [4.78, 5) is 185. The summed E-state index contributed by atoms with van der Waals surface area (Å²) in [5.41, 5.74) is 26.1. The lowest BCUT2D eigenvalue weighted by Gasteiger charge is -2.44. The Morgan fingerprint density at radius 2 is 0.644 bits per heavy atom. The zero-order valence-corrected chi connectivity index (χ0v) is 84.5. The second kappa shape index (κ2) is 46.3. The Kier molecular flexibility index (Phi) is 34.1. The van der Waals surface area contributed by atoms with Gasteiger partial charge in [-0.3, -0.25) is 90.8 Å². The normalized spacial score (nSPS) is 12.7. The number of aliphatic hydroxyl groups is 2. The van der Waals surface area contributed by atoms with E-state index in [2.05, 4.69) is 77.4 Å². The number of halogens is 5. The molecule has 13 heterocycles. The number of β-amino-alcohol motifs (C(OH)–C–C–N with tert-alkyl or cyclic N) is 2. The molecule has 5 amide bonds. The fourth-order valence-electron chi connectivity index (χ4n) is 15.1. The summed E-state index contributed by atoms with van der Waals surface area (Å²) < 4.78 is 15.6. The minimum atomic E-state index is -1.25. The number of carbonyl (C=O) groups is 8. The van der Waals surface area contributed by atoms with Gasteiger partial charge in [0.2, 0.25) is 5.91 Å². The number of likely N-dealkylation sites (tertiary alicyclic amines) is 1. The van der Waals surface area contributed by atoms with E-state index in [1.54, 1.807) is 243 Å². The van der Waals surface area contributed by atoms with Crippen molar-refractivity contribution in [2.45, 2.75) is 130 Å². The zero-order chi connectivity index (χ0) is 106. The summed E-state index contributed by atoms with van der Waals surface area (Å²) in [6, 6.07) is 50.9. The van der Waals surface area contributed by atoms with Crippen molar-refractivity contribution in [3.05, 3.63) is 330 Å². The summed E-state index contributed by atoms with van der Waals surface area (Å²) in [6.07, 6.45) is 9.68. The number of anilines is 4. The van der Waals surface area contributed by atoms with Crippen molar-refractivity contribution in [1.29, 1.82) is 0 Å². The molecule has 38 nitrogen and oxygen atoms in total. The third-order valence-corrected chi connectivity index (χ3v) is 23.8. The van der Waals surface area contributed by atoms with Gasteiger partial charge < -0.3 is 79.2 Å². The molecule has 11 aromatic heterocycles. The Balaban J connectivity index is 0.000000160. The van der Waals surface area contributed by atoms with E-state index in [4.69, 9.17) is 83.9 Å². The maximum atomic E-state index is 13.5. The van der Waals surface area contributed by atoms with Gasteiger partial charge in [0.15, 0.2) is 0 Å². The average molecular weight is 2130 g/mol. The van der Waals surface area contributed by atoms with Crippen molar-refractivity contribution in [3.63, 3.8) is 0 Å². The Bertz CT molecular complexity index is 7760. The molecule has 0 bridgehead atoms. The second-order valence-electron chi connectivity index (χ2n) is 36.4. The van der Waals surface area contributed by atoms with E-state index in [9.17, 15) is 67.7 Å². The Labute approximate surface area is 861 Å². The average Bonchev–Trinajstić information content (AvgIpc) is 0.778. The zero-order valence-electron chi connectivity index (χ0n) is 79.9. The molecule has 0 aliphatic carbocycles. The van der Waals surface area contributed by atoms with E-state index in [0.29, 0.717) is 62.8 Å². The Hall–Kier alpha value is -15.8. The van der Waals surface area contributed by atoms with Gasteiger partial charge in [-0.25, -0.2) is 19.9 Å². The van der Waals surface area contributed by atoms with E-state index >= 15 is 0 Å². The number of pyridine rings is 11. The number of amides is 5. The third kappa shape index (κ3) is 28.0. The van der Waals surface area contributed by atoms with Crippen LogP contribution in [0.4, 0.5) is 23.3 Å². The highest BCUT2D eigenvalue weighted by Gasteiger charge is 2.40. The topological polar surface area (TPSA) is 561 Å². The number of ether oxygens (including phenoxy) is 2. The maximum Gasteiger partial charge on any atom is 0.326 e. The molecule has 0 radical (unpaired) electrons. The first-order valence-electron chi connectivity index (χ1n) is 45.0. The van der Waals surface area contributed by atoms with Crippen LogP contribution in [0.5, 0.6) is 0 Å². The molecule has 2 aliphatic heterocycles. The maximum absolute atomic E-state index is 13.5. The van der Waals surface area contributed by atoms with Crippen molar-refractivity contribution >= 4 is 177 Å². The first-order chi connectivity index (χ1) is 69.1. The lowest BCUT2D eigenvalue weighted by atomic mass is 9.97. The number of esters is 2. The summed E-state index contributed by atoms with van der Waals surface area (Å²) in [7, 11) is 0. The van der Waals surface area contributed by atoms with Gasteiger partial charge in [-0.05, 0) is 244 Å². The largest absolute Gasteiger partial charge is 0.480 e. The van der Waals surface area contributed by atoms with Gasteiger partial charge in [-0.1, -0.05) is 94.9 Å². The van der Waals surface area contributed by atoms with E-state index in [0.717, 1.165) is 70.3 Å². The highest BCUT2D eigenvalue weighted by atomic mass is 79.9. The number of hydrogen-bond donors (Lipinski definition) is 12. The number of nitrogens with one attached hydrogen (secondary N) is 5. The molecule has 2 fully saturated rings. The van der Waals surface area contributed by atoms with E-state index < -0.39 is 100 Å². The number of aromatic nitrogens is 11. The Morgan fingerprint density at radius 3 is 0.890 bits per heavy atom. The summed E-state index contributed by atoms with van der Waals surface area (Å²) in [6.45, 7) is 14.5. The van der Waals surface area contributed by atoms with Crippen LogP contribution < -0.4 is 71.8 Å². The van der Waals surface area contributed by atoms with Gasteiger partial charge in [0, 0.05) is 135 Å². The number of nitrogens with two attached hydrogens (primary N) is 4. The lowest BCUT2D eigenvalue weighted by molar-refractivity contribution is -0.156. The number of carboxylic acid groups (broad SMARTS) is 1. The summed E-state index contributed by atoms with van der Waals surface area (Å²) in [5.74, 6) is -4.74. The van der Waals surface area contributed by atoms with Crippen LogP contribution in [0.2, 0.25) is 20.1 Å². The molecule has 0 saturated carbocycles. The number of aliphatic carboxylic acids is 1. The van der Waals surface area contributed by atoms with Crippen molar-refractivity contribution in [2.24, 2.45) is 0 Å². The molecule has 16 N–H and O–H groups in total. The van der Waals surface area contributed by atoms with Crippen molar-refractivity contribution in [1.82, 2.24) is 84.6 Å². The number of carbonyl (C=O) groups excluding carboxylic acids is 7. The van der Waals surface area contributed by atoms with E-state index in [1.165, 1.54) is 29.2 Å². The number of carboxylic acids is 1. The van der Waals surface area contributed by atoms with Gasteiger partial charge >= 0.3 is 17.9 Å². The van der Waals surface area contributed by atoms with Crippen LogP contribution >= 0.6 is 62.3 Å². The van der Waals surface area contributed by atoms with Gasteiger partial charge in [0.25, 0.3) is 45.9 Å². The number of fused-ring (bicyclic) bond motifs is 4. The highest BCUT2D eigenvalue weighted by Crippen LogP contribution is 2.34. The van der Waals surface area contributed by atoms with Gasteiger partial charge in [0.05, 0.1) is 28.8 Å². The molecule has 2 saturated heterocycles. The molecule has 754 valence electrons. The minimum absolute atomic E-state index is 0.0759. The van der Waals surface area contributed by atoms with Crippen LogP contribution in [-0.4, -0.2) is 169 Å². The molecular formula is C103H100BrCl4N21O17. The standard InChI is InChI=1S/C27H25ClN6O4.C27H26ClN5O4.C23H18ClN5O4.C22H22BrClN4O4.C4H9NO/c1-27(38)14-33(15-27)22(35)13-34-24-18(10-20(23(29)32-24)17-6-8-30-9-7-17)11-21(26(34)37)25(36)31-12-16-2-4-19(28)5-3-16;1-27(2,3)37-22(34)15-33-24-18(12-20(23(29)32-24)17-8-10-30-11-9-17)13-21(26(33)36)25(35)31-14-16-4-6-19(28)7-5-16;24-16-3-1-13(2-4-16)11-27-22(32)18-10-15-9-17(14-5-7-26-8-6-14)20(25)28-21(15)29(23(18)33)12-19(30)31;1-22(2,3)32-17(29)11-28-19-13(9-16(23)18(25)27-19)8-15(21(28)31)20(30)26-10-12-4-6-14(24)7-5-12;1-4(6)2-5-3-4/h2-11,38H,12-15H2,1H3,(H2,29,32)(H,31,36);4-13H,14-15H2,1-3H3,(H2,29,32)(H,31,35);1-10H,11-12H2,(H2,25,28)(H,27,32)(H,30,31);4-9H,10-11H2,1-3H3,(H2,25,27)(H,26,30);5-6H,2-3H2,1H3. The van der Waals surface area contributed by atoms with Crippen molar-refractivity contribution in [2.75, 3.05) is 49.1 Å². The molecule has 146 heavy (non-hydrogen) atoms. The molecule has 0 atom stereocenters. The molecule has 17 rings (SSSR count). The van der Waals surface area contributed by atoms with Crippen molar-refractivity contribution < 1.29 is 63.1 Å². The summed E-state index contributed by atoms with van der Waals surface area (Å²) >= 11 is 26.9. The monoisotopic (exact) mass is 2120 g/mol. The van der Waals surface area contributed by atoms with Crippen LogP contribution in [0.1, 0.15) is 119 Å². The molecule has 0 spiro atoms. The molecule has 2 aliphatic rings. The molecule has 15 aromatic rings. The highest BCUT2D eigenvalue weighted by molar-refractivity contribution is 9.10. The SMILES string of the molecule is CC(C)(C)OC(=O)Cn1c(=O)c(C(=O)NCc2ccc(Cl)cc2)cc2cc(-c3ccncc3)c(N)nc21.CC(C)(C)OC(=O)Cn1c(=O)c(C(=O)NCc2ccc(Cl)cc2)cc2cc(Br)c(N)nc21.CC1(O)CN(C(=O)Cn2c(=O)c(C(=O)NCc3ccc(Cl)cc3)cc3cc(-c4ccncc4)c(N)nc32)C1.CC1(O)CNC1.Nc1nc2c(cc1-c1ccncc1)cc(C(=O)NCc1ccc(Cl)cc1)c(=O)n2CC(=O)O. The van der Waals surface area contributed by atoms with Crippen LogP contribution in [-0.2, 0) is 81.0 Å². The summed E-state index contributed by atoms with van der Waals surface area (Å²) in [5, 5.41) is 46.1. The smallest absolute Gasteiger partial charge is 0.326 e. The molecule has 4 aromatic carbocycles. The Morgan fingerprint density at radius 1 is 0.390 bits per heavy atom. The van der Waals surface area contributed by atoms with Crippen LogP contribution in [0, 0.1) is 0 Å². The molecule has 0 unspecified atom stereocenters. The fraction of sp³-hybridized carbons (Fsp3) is 0.233. The number of rotatable bonds is 23. The van der Waals surface area contributed by atoms with Crippen LogP contribution in [0.3, 0.4) is 0 Å². The van der Waals surface area contributed by atoms with E-state index in [1.807, 2.05) is 6.92 Å². The predicted molar refractivity (Wildman–Crippen MR) is 560 cm³/mol. The molecule has 43 heteroatoms. The van der Waals surface area contributed by atoms with Crippen molar-refractivity contribution in [3.8, 4) is 33.4 Å². The van der Waals surface area contributed by atoms with E-state index in [-0.39, 0.29) is 125 Å². The number of hydrogen-bond acceptors (Lipinski definition) is 28. The van der Waals surface area contributed by atoms with Crippen LogP contribution in [0.15, 0.2) is 243 Å². The quantitative estimate of drug-likeness (QED) is 0.0265. The molecular weight excluding hydrogens is 2020 g/mol. The second-order valence-corrected chi connectivity index (χ2v) is 39.0. The first kappa shape index (κ1) is 108. The van der Waals surface area contributed by atoms with Gasteiger partial charge in [-0.2, -0.15) is 0 Å². The van der Waals surface area contributed by atoms with Gasteiger partial charge in [-0.15, -0.1) is 0 Å². The number of benzene rings is 4. The third-order valence-electron chi connectivity index (χ3n) is 22.2. The van der Waals surface area contributed by atoms with Gasteiger partial charge in [0.1, 0.15) is 105 Å². The lowest BCUT2D eigenvalue weighted by Crippen LogP contribution is -2.62. The first-order valence-corrected chi connectivity index (χ1v) is 47.3. The number of nitrogens with zero attached hydrogens (tertiary/aromatic N) is 12. The van der Waals surface area contributed by atoms with Crippen LogP contribution in [0.25, 0.3) is 77.5 Å². The fourth-order valence-corrected chi connectivity index (χ4v) is 15.9.